The van der Waals surface area contributed by atoms with Crippen molar-refractivity contribution >= 4 is 29.4 Å². The molecule has 0 radical (unpaired) electrons. The molecule has 5 rings (SSSR count). The van der Waals surface area contributed by atoms with Crippen molar-refractivity contribution in [1.82, 2.24) is 24.8 Å². The molecule has 2 aliphatic rings. The number of hydrazone groups is 1. The molecule has 0 amide bonds. The van der Waals surface area contributed by atoms with Crippen molar-refractivity contribution in [2.24, 2.45) is 5.10 Å². The summed E-state index contributed by atoms with van der Waals surface area (Å²) in [7, 11) is 2.01. The van der Waals surface area contributed by atoms with Crippen molar-refractivity contribution in [3.8, 4) is 0 Å². The Kier molecular flexibility index (Phi) is 8.90. The van der Waals surface area contributed by atoms with Gasteiger partial charge in [0.15, 0.2) is 11.6 Å². The lowest BCUT2D eigenvalue weighted by molar-refractivity contribution is -0.138. The number of nitrogens with one attached hydrogen (secondary N) is 2. The van der Waals surface area contributed by atoms with E-state index >= 15 is 0 Å². The van der Waals surface area contributed by atoms with Gasteiger partial charge in [-0.25, -0.2) is 14.8 Å². The average molecular weight is 574 g/mol. The van der Waals surface area contributed by atoms with Gasteiger partial charge in [-0.1, -0.05) is 6.07 Å². The van der Waals surface area contributed by atoms with Crippen LogP contribution >= 0.6 is 0 Å². The van der Waals surface area contributed by atoms with Crippen molar-refractivity contribution in [2.45, 2.75) is 12.7 Å². The fourth-order valence-electron chi connectivity index (χ4n) is 4.63. The van der Waals surface area contributed by atoms with Crippen LogP contribution in [0, 0.1) is 5.82 Å². The Morgan fingerprint density at radius 3 is 2.51 bits per heavy atom. The van der Waals surface area contributed by atoms with Crippen molar-refractivity contribution in [3.05, 3.63) is 65.4 Å². The first kappa shape index (κ1) is 28.6. The Hall–Kier alpha value is -3.88. The van der Waals surface area contributed by atoms with Gasteiger partial charge in [-0.15, -0.1) is 0 Å². The fraction of sp³-hybridized carbons (Fsp3) is 0.407. The number of nitrogens with zero attached hydrogens (tertiary/aromatic N) is 7. The second-order valence-electron chi connectivity index (χ2n) is 9.88. The monoisotopic (exact) mass is 573 g/mol. The minimum Gasteiger partial charge on any atom is -0.378 e. The molecule has 2 saturated heterocycles. The van der Waals surface area contributed by atoms with Gasteiger partial charge >= 0.3 is 6.18 Å². The number of likely N-dealkylation sites (N-methyl/N-ethyl adjacent to an activating group) is 1. The average Bonchev–Trinajstić information content (AvgIpc) is 2.96. The first-order valence-electron chi connectivity index (χ1n) is 13.2. The van der Waals surface area contributed by atoms with Gasteiger partial charge in [-0.2, -0.15) is 23.3 Å². The van der Waals surface area contributed by atoms with E-state index in [4.69, 9.17) is 4.74 Å². The summed E-state index contributed by atoms with van der Waals surface area (Å²) in [6, 6.07) is 7.60. The predicted molar refractivity (Wildman–Crippen MR) is 148 cm³/mol. The molecule has 41 heavy (non-hydrogen) atoms. The molecule has 10 nitrogen and oxygen atoms in total. The van der Waals surface area contributed by atoms with Crippen LogP contribution < -0.4 is 15.6 Å². The second kappa shape index (κ2) is 12.7. The van der Waals surface area contributed by atoms with Crippen LogP contribution in [0.4, 0.5) is 40.7 Å². The molecule has 2 aromatic heterocycles. The van der Waals surface area contributed by atoms with Crippen molar-refractivity contribution < 1.29 is 22.3 Å². The molecule has 3 aromatic rings. The third-order valence-electron chi connectivity index (χ3n) is 6.87. The molecule has 0 bridgehead atoms. The summed E-state index contributed by atoms with van der Waals surface area (Å²) in [5.74, 6) is -0.268. The van der Waals surface area contributed by atoms with Crippen LogP contribution in [0.25, 0.3) is 0 Å². The van der Waals surface area contributed by atoms with E-state index in [-0.39, 0.29) is 23.9 Å². The maximum absolute atomic E-state index is 14.2. The number of piperazine rings is 1. The summed E-state index contributed by atoms with van der Waals surface area (Å²) in [4.78, 5) is 18.3. The highest BCUT2D eigenvalue weighted by atomic mass is 19.4. The van der Waals surface area contributed by atoms with Crippen molar-refractivity contribution in [2.75, 3.05) is 75.2 Å². The molecule has 218 valence electrons. The van der Waals surface area contributed by atoms with Crippen LogP contribution in [-0.2, 0) is 17.5 Å². The number of halogens is 4. The lowest BCUT2D eigenvalue weighted by atomic mass is 10.0. The second-order valence-corrected chi connectivity index (χ2v) is 9.88. The van der Waals surface area contributed by atoms with Crippen LogP contribution in [0.3, 0.4) is 0 Å². The Balaban J connectivity index is 1.25. The smallest absolute Gasteiger partial charge is 0.378 e. The molecule has 14 heteroatoms. The predicted octanol–water partition coefficient (Wildman–Crippen LogP) is 3.80. The van der Waals surface area contributed by atoms with Crippen LogP contribution in [0.5, 0.6) is 0 Å². The molecule has 0 atom stereocenters. The first-order chi connectivity index (χ1) is 19.7. The van der Waals surface area contributed by atoms with Gasteiger partial charge in [0.2, 0.25) is 5.95 Å². The molecule has 0 spiro atoms. The van der Waals surface area contributed by atoms with E-state index < -0.39 is 17.6 Å². The maximum Gasteiger partial charge on any atom is 0.416 e. The molecule has 2 N–H and O–H groups in total. The number of benzene rings is 1. The van der Waals surface area contributed by atoms with Gasteiger partial charge in [-0.3, -0.25) is 9.88 Å². The summed E-state index contributed by atoms with van der Waals surface area (Å²) < 4.78 is 61.4. The zero-order chi connectivity index (χ0) is 28.8. The zero-order valence-corrected chi connectivity index (χ0v) is 22.5. The molecule has 1 aromatic carbocycles. The highest BCUT2D eigenvalue weighted by molar-refractivity contribution is 5.79. The minimum atomic E-state index is -4.48. The molecule has 0 aliphatic carbocycles. The van der Waals surface area contributed by atoms with E-state index in [9.17, 15) is 17.6 Å². The quantitative estimate of drug-likeness (QED) is 0.237. The number of alkyl halides is 3. The summed E-state index contributed by atoms with van der Waals surface area (Å²) in [5, 5.41) is 7.11. The Morgan fingerprint density at radius 2 is 1.76 bits per heavy atom. The Labute approximate surface area is 235 Å². The van der Waals surface area contributed by atoms with Gasteiger partial charge in [0.25, 0.3) is 0 Å². The number of anilines is 4. The largest absolute Gasteiger partial charge is 0.416 e. The van der Waals surface area contributed by atoms with Gasteiger partial charge in [-0.05, 0) is 36.9 Å². The van der Waals surface area contributed by atoms with Crippen LogP contribution in [-0.4, -0.2) is 90.5 Å². The molecule has 2 fully saturated rings. The van der Waals surface area contributed by atoms with Crippen LogP contribution in [0.15, 0.2) is 47.8 Å². The molecule has 2 aliphatic heterocycles. The molecule has 0 saturated carbocycles. The maximum atomic E-state index is 14.2. The lowest BCUT2D eigenvalue weighted by Gasteiger charge is -2.33. The molecule has 4 heterocycles. The highest BCUT2D eigenvalue weighted by Crippen LogP contribution is 2.35. The van der Waals surface area contributed by atoms with E-state index in [1.807, 2.05) is 11.9 Å². The number of pyridine rings is 1. The van der Waals surface area contributed by atoms with Crippen LogP contribution in [0.2, 0.25) is 0 Å². The normalized spacial score (nSPS) is 17.2. The van der Waals surface area contributed by atoms with Crippen molar-refractivity contribution in [3.63, 3.8) is 0 Å². The lowest BCUT2D eigenvalue weighted by Crippen LogP contribution is -2.44. The third kappa shape index (κ3) is 7.65. The Morgan fingerprint density at radius 1 is 1.00 bits per heavy atom. The molecular weight excluding hydrogens is 542 g/mol. The van der Waals surface area contributed by atoms with Gasteiger partial charge < -0.3 is 19.9 Å². The van der Waals surface area contributed by atoms with Gasteiger partial charge in [0.1, 0.15) is 0 Å². The SMILES string of the molecule is CN1CCN(Cc2ccc(Nc3ccnc(/C=N/Nc4ncc(F)c(N5CCOCC5)n4)c3)cc2C(F)(F)F)CC1. The van der Waals surface area contributed by atoms with E-state index in [1.165, 1.54) is 18.5 Å². The van der Waals surface area contributed by atoms with E-state index in [2.05, 4.69) is 35.7 Å². The summed E-state index contributed by atoms with van der Waals surface area (Å²) in [6.07, 6.45) is -0.483. The number of hydrogen-bond donors (Lipinski definition) is 2. The minimum absolute atomic E-state index is 0.106. The summed E-state index contributed by atoms with van der Waals surface area (Å²) in [6.45, 7) is 5.37. The number of hydrogen-bond acceptors (Lipinski definition) is 10. The zero-order valence-electron chi connectivity index (χ0n) is 22.5. The number of aromatic nitrogens is 3. The molecule has 0 unspecified atom stereocenters. The number of ether oxygens (including phenoxy) is 1. The first-order valence-corrected chi connectivity index (χ1v) is 13.2. The Bertz CT molecular complexity index is 1360. The standard InChI is InChI=1S/C27H31F4N9O/c1-38-6-8-39(9-7-38)18-19-2-3-20(15-23(19)27(29,30)31)35-21-4-5-32-22(14-21)16-34-37-26-33-17-24(28)25(36-26)40-10-12-41-13-11-40/h2-5,14-17H,6-13,18H2,1H3,(H,32,35)(H,33,36,37)/b34-16+. The number of morpholine rings is 1. The third-order valence-corrected chi connectivity index (χ3v) is 6.87. The highest BCUT2D eigenvalue weighted by Gasteiger charge is 2.34. The van der Waals surface area contributed by atoms with Crippen LogP contribution in [0.1, 0.15) is 16.8 Å². The topological polar surface area (TPSA) is 94.0 Å². The van der Waals surface area contributed by atoms with E-state index in [0.29, 0.717) is 43.4 Å². The summed E-state index contributed by atoms with van der Waals surface area (Å²) >= 11 is 0. The van der Waals surface area contributed by atoms with Crippen molar-refractivity contribution in [1.29, 1.82) is 0 Å². The van der Waals surface area contributed by atoms with Gasteiger partial charge in [0, 0.05) is 63.4 Å². The van der Waals surface area contributed by atoms with E-state index in [1.54, 1.807) is 23.1 Å². The fourth-order valence-corrected chi connectivity index (χ4v) is 4.63. The molecular formula is C27H31F4N9O. The summed E-state index contributed by atoms with van der Waals surface area (Å²) in [5.41, 5.74) is 3.54. The van der Waals surface area contributed by atoms with Gasteiger partial charge in [0.05, 0.1) is 36.9 Å². The van der Waals surface area contributed by atoms with E-state index in [0.717, 1.165) is 38.4 Å². The number of rotatable bonds is 8.